The number of hydrogen-bond donors (Lipinski definition) is 1. The topological polar surface area (TPSA) is 87.7 Å². The zero-order valence-electron chi connectivity index (χ0n) is 8.73. The SMILES string of the molecule is COCCc1noc(-c2cc(C#N)c[nH]2)n1. The highest BCUT2D eigenvalue weighted by Crippen LogP contribution is 2.16. The lowest BCUT2D eigenvalue weighted by atomic mass is 10.3. The first-order valence-electron chi connectivity index (χ1n) is 4.74. The minimum atomic E-state index is 0.382. The van der Waals surface area contributed by atoms with Crippen molar-refractivity contribution in [2.24, 2.45) is 0 Å². The van der Waals surface area contributed by atoms with E-state index in [0.717, 1.165) is 0 Å². The van der Waals surface area contributed by atoms with Gasteiger partial charge in [0.25, 0.3) is 5.89 Å². The summed E-state index contributed by atoms with van der Waals surface area (Å²) in [7, 11) is 1.62. The lowest BCUT2D eigenvalue weighted by molar-refractivity contribution is 0.199. The number of ether oxygens (including phenoxy) is 1. The first-order chi connectivity index (χ1) is 7.83. The van der Waals surface area contributed by atoms with E-state index in [1.807, 2.05) is 6.07 Å². The molecule has 0 aromatic carbocycles. The Balaban J connectivity index is 2.15. The fraction of sp³-hybridized carbons (Fsp3) is 0.300. The molecule has 16 heavy (non-hydrogen) atoms. The monoisotopic (exact) mass is 218 g/mol. The Morgan fingerprint density at radius 2 is 2.50 bits per heavy atom. The third kappa shape index (κ3) is 2.10. The van der Waals surface area contributed by atoms with E-state index < -0.39 is 0 Å². The third-order valence-electron chi connectivity index (χ3n) is 2.04. The maximum Gasteiger partial charge on any atom is 0.274 e. The van der Waals surface area contributed by atoms with E-state index >= 15 is 0 Å². The van der Waals surface area contributed by atoms with Crippen LogP contribution in [0, 0.1) is 11.3 Å². The molecule has 82 valence electrons. The molecular weight excluding hydrogens is 208 g/mol. The van der Waals surface area contributed by atoms with Gasteiger partial charge >= 0.3 is 0 Å². The van der Waals surface area contributed by atoms with Crippen LogP contribution in [-0.2, 0) is 11.2 Å². The molecule has 0 fully saturated rings. The van der Waals surface area contributed by atoms with Crippen LogP contribution in [0.1, 0.15) is 11.4 Å². The van der Waals surface area contributed by atoms with Gasteiger partial charge in [-0.3, -0.25) is 0 Å². The number of aromatic amines is 1. The Morgan fingerprint density at radius 1 is 1.62 bits per heavy atom. The lowest BCUT2D eigenvalue weighted by Gasteiger charge is -1.90. The molecule has 0 saturated carbocycles. The van der Waals surface area contributed by atoms with Gasteiger partial charge in [-0.15, -0.1) is 0 Å². The van der Waals surface area contributed by atoms with Crippen LogP contribution in [0.2, 0.25) is 0 Å². The highest BCUT2D eigenvalue weighted by molar-refractivity contribution is 5.51. The molecule has 6 heteroatoms. The number of rotatable bonds is 4. The van der Waals surface area contributed by atoms with Gasteiger partial charge in [-0.1, -0.05) is 5.16 Å². The molecule has 2 rings (SSSR count). The average Bonchev–Trinajstić information content (AvgIpc) is 2.94. The lowest BCUT2D eigenvalue weighted by Crippen LogP contribution is -1.96. The van der Waals surface area contributed by atoms with Crippen molar-refractivity contribution in [2.75, 3.05) is 13.7 Å². The fourth-order valence-electron chi connectivity index (χ4n) is 1.24. The van der Waals surface area contributed by atoms with Crippen molar-refractivity contribution in [2.45, 2.75) is 6.42 Å². The second-order valence-electron chi connectivity index (χ2n) is 3.17. The van der Waals surface area contributed by atoms with Gasteiger partial charge in [0.15, 0.2) is 5.82 Å². The molecular formula is C10H10N4O2. The summed E-state index contributed by atoms with van der Waals surface area (Å²) in [5, 5.41) is 12.5. The first-order valence-corrected chi connectivity index (χ1v) is 4.74. The quantitative estimate of drug-likeness (QED) is 0.830. The first kappa shape index (κ1) is 10.4. The van der Waals surface area contributed by atoms with Gasteiger partial charge < -0.3 is 14.2 Å². The average molecular weight is 218 g/mol. The largest absolute Gasteiger partial charge is 0.384 e. The van der Waals surface area contributed by atoms with Crippen LogP contribution in [-0.4, -0.2) is 28.8 Å². The van der Waals surface area contributed by atoms with Crippen LogP contribution in [0.25, 0.3) is 11.6 Å². The molecule has 0 saturated heterocycles. The van der Waals surface area contributed by atoms with Crippen LogP contribution in [0.4, 0.5) is 0 Å². The van der Waals surface area contributed by atoms with Gasteiger partial charge in [0.2, 0.25) is 0 Å². The van der Waals surface area contributed by atoms with Gasteiger partial charge in [0, 0.05) is 19.7 Å². The molecule has 0 amide bonds. The Morgan fingerprint density at radius 3 is 3.19 bits per heavy atom. The van der Waals surface area contributed by atoms with Crippen LogP contribution >= 0.6 is 0 Å². The second-order valence-corrected chi connectivity index (χ2v) is 3.17. The third-order valence-corrected chi connectivity index (χ3v) is 2.04. The van der Waals surface area contributed by atoms with E-state index in [4.69, 9.17) is 14.5 Å². The maximum absolute atomic E-state index is 8.67. The molecule has 0 aliphatic rings. The summed E-state index contributed by atoms with van der Waals surface area (Å²) < 4.78 is 9.96. The second kappa shape index (κ2) is 4.59. The van der Waals surface area contributed by atoms with E-state index in [2.05, 4.69) is 15.1 Å². The predicted octanol–water partition coefficient (Wildman–Crippen LogP) is 1.13. The summed E-state index contributed by atoms with van der Waals surface area (Å²) in [6, 6.07) is 3.68. The Kier molecular flexibility index (Phi) is 2.98. The van der Waals surface area contributed by atoms with Crippen LogP contribution < -0.4 is 0 Å². The summed E-state index contributed by atoms with van der Waals surface area (Å²) >= 11 is 0. The Hall–Kier alpha value is -2.13. The number of methoxy groups -OCH3 is 1. The van der Waals surface area contributed by atoms with Crippen LogP contribution in [0.15, 0.2) is 16.8 Å². The van der Waals surface area contributed by atoms with Gasteiger partial charge in [-0.05, 0) is 6.07 Å². The van der Waals surface area contributed by atoms with E-state index in [9.17, 15) is 0 Å². The van der Waals surface area contributed by atoms with Gasteiger partial charge in [-0.2, -0.15) is 10.2 Å². The minimum absolute atomic E-state index is 0.382. The zero-order valence-corrected chi connectivity index (χ0v) is 8.73. The van der Waals surface area contributed by atoms with Gasteiger partial charge in [0.05, 0.1) is 12.2 Å². The Bertz CT molecular complexity index is 509. The van der Waals surface area contributed by atoms with E-state index in [0.29, 0.717) is 36.0 Å². The van der Waals surface area contributed by atoms with E-state index in [1.165, 1.54) is 0 Å². The molecule has 0 bridgehead atoms. The van der Waals surface area contributed by atoms with Crippen molar-refractivity contribution in [1.29, 1.82) is 5.26 Å². The summed E-state index contributed by atoms with van der Waals surface area (Å²) in [6.45, 7) is 0.549. The zero-order chi connectivity index (χ0) is 11.4. The fourth-order valence-corrected chi connectivity index (χ4v) is 1.24. The van der Waals surface area contributed by atoms with Crippen molar-refractivity contribution in [3.05, 3.63) is 23.7 Å². The molecule has 0 unspecified atom stereocenters. The minimum Gasteiger partial charge on any atom is -0.384 e. The number of nitrogens with zero attached hydrogens (tertiary/aromatic N) is 3. The predicted molar refractivity (Wildman–Crippen MR) is 54.4 cm³/mol. The normalized spacial score (nSPS) is 10.2. The molecule has 0 atom stereocenters. The summed E-state index contributed by atoms with van der Waals surface area (Å²) in [5.41, 5.74) is 1.18. The summed E-state index contributed by atoms with van der Waals surface area (Å²) in [4.78, 5) is 7.06. The molecule has 1 N–H and O–H groups in total. The van der Waals surface area contributed by atoms with Crippen molar-refractivity contribution in [3.8, 4) is 17.7 Å². The molecule has 0 radical (unpaired) electrons. The van der Waals surface area contributed by atoms with E-state index in [-0.39, 0.29) is 0 Å². The molecule has 0 aliphatic carbocycles. The van der Waals surface area contributed by atoms with Crippen molar-refractivity contribution in [1.82, 2.24) is 15.1 Å². The number of nitriles is 1. The molecule has 0 aliphatic heterocycles. The summed E-state index contributed by atoms with van der Waals surface area (Å²) in [5.74, 6) is 0.970. The standard InChI is InChI=1S/C10H10N4O2/c1-15-3-2-9-13-10(16-14-9)8-4-7(5-11)6-12-8/h4,6,12H,2-3H2,1H3. The molecule has 2 heterocycles. The van der Waals surface area contributed by atoms with Gasteiger partial charge in [-0.25, -0.2) is 0 Å². The van der Waals surface area contributed by atoms with Crippen LogP contribution in [0.5, 0.6) is 0 Å². The maximum atomic E-state index is 8.67. The highest BCUT2D eigenvalue weighted by Gasteiger charge is 2.10. The number of aromatic nitrogens is 3. The summed E-state index contributed by atoms with van der Waals surface area (Å²) in [6.07, 6.45) is 2.19. The molecule has 0 spiro atoms. The number of hydrogen-bond acceptors (Lipinski definition) is 5. The van der Waals surface area contributed by atoms with Crippen molar-refractivity contribution >= 4 is 0 Å². The number of H-pyrrole nitrogens is 1. The number of nitrogens with one attached hydrogen (secondary N) is 1. The van der Waals surface area contributed by atoms with Crippen LogP contribution in [0.3, 0.4) is 0 Å². The smallest absolute Gasteiger partial charge is 0.274 e. The molecule has 2 aromatic rings. The van der Waals surface area contributed by atoms with Crippen molar-refractivity contribution in [3.63, 3.8) is 0 Å². The molecule has 2 aromatic heterocycles. The Labute approximate surface area is 91.8 Å². The van der Waals surface area contributed by atoms with Crippen molar-refractivity contribution < 1.29 is 9.26 Å². The molecule has 6 nitrogen and oxygen atoms in total. The van der Waals surface area contributed by atoms with Gasteiger partial charge in [0.1, 0.15) is 11.8 Å². The highest BCUT2D eigenvalue weighted by atomic mass is 16.5. The van der Waals surface area contributed by atoms with E-state index in [1.54, 1.807) is 19.4 Å².